The molecule has 0 radical (unpaired) electrons. The number of carbonyl (C=O) groups excluding carboxylic acids is 2. The number of aliphatic carboxylic acids is 1. The summed E-state index contributed by atoms with van der Waals surface area (Å²) in [4.78, 5) is 23.1. The number of hydrogen-bond acceptors (Lipinski definition) is 4. The molecule has 108 valence electrons. The standard InChI is InChI=1S/C15H19NO4/c1-10-4-6-11(7-5-10)16-14(17)9-12(15(18)19)13-3-2-8-20-13/h4-7,12-13H,2-3,8-9H2,1H3,(H,16,17)(H,18,19)/p-1/t12-,13-/m1/s1. The third-order valence-corrected chi connectivity index (χ3v) is 3.46. The molecular weight excluding hydrogens is 258 g/mol. The van der Waals surface area contributed by atoms with Crippen molar-refractivity contribution in [2.75, 3.05) is 11.9 Å². The number of nitrogens with one attached hydrogen (secondary N) is 1. The monoisotopic (exact) mass is 276 g/mol. The van der Waals surface area contributed by atoms with Crippen molar-refractivity contribution in [3.63, 3.8) is 0 Å². The molecule has 20 heavy (non-hydrogen) atoms. The van der Waals surface area contributed by atoms with Crippen LogP contribution < -0.4 is 10.4 Å². The quantitative estimate of drug-likeness (QED) is 0.865. The Morgan fingerprint density at radius 2 is 2.10 bits per heavy atom. The van der Waals surface area contributed by atoms with Crippen molar-refractivity contribution < 1.29 is 19.4 Å². The summed E-state index contributed by atoms with van der Waals surface area (Å²) >= 11 is 0. The maximum Gasteiger partial charge on any atom is 0.225 e. The Hall–Kier alpha value is -1.88. The van der Waals surface area contributed by atoms with Gasteiger partial charge in [-0.05, 0) is 31.9 Å². The van der Waals surface area contributed by atoms with Gasteiger partial charge in [0.05, 0.1) is 6.10 Å². The SMILES string of the molecule is Cc1ccc(NC(=O)C[C@@H](C(=O)[O-])[C@H]2CCCO2)cc1. The number of hydrogen-bond donors (Lipinski definition) is 1. The zero-order valence-electron chi connectivity index (χ0n) is 11.4. The molecule has 0 saturated carbocycles. The van der Waals surface area contributed by atoms with E-state index in [1.54, 1.807) is 12.1 Å². The Labute approximate surface area is 117 Å². The van der Waals surface area contributed by atoms with Crippen molar-refractivity contribution in [1.29, 1.82) is 0 Å². The fraction of sp³-hybridized carbons (Fsp3) is 0.467. The summed E-state index contributed by atoms with van der Waals surface area (Å²) in [5.41, 5.74) is 1.75. The van der Waals surface area contributed by atoms with Gasteiger partial charge < -0.3 is 20.0 Å². The highest BCUT2D eigenvalue weighted by Gasteiger charge is 2.28. The topological polar surface area (TPSA) is 78.5 Å². The molecular formula is C15H18NO4-. The number of ether oxygens (including phenoxy) is 1. The summed E-state index contributed by atoms with van der Waals surface area (Å²) in [5.74, 6) is -2.45. The second kappa shape index (κ2) is 6.52. The van der Waals surface area contributed by atoms with E-state index in [4.69, 9.17) is 4.74 Å². The van der Waals surface area contributed by atoms with E-state index in [9.17, 15) is 14.7 Å². The van der Waals surface area contributed by atoms with E-state index in [0.717, 1.165) is 12.0 Å². The number of benzene rings is 1. The van der Waals surface area contributed by atoms with Gasteiger partial charge in [-0.3, -0.25) is 4.79 Å². The van der Waals surface area contributed by atoms with Gasteiger partial charge in [0.15, 0.2) is 0 Å². The first kappa shape index (κ1) is 14.5. The van der Waals surface area contributed by atoms with Gasteiger partial charge in [-0.2, -0.15) is 0 Å². The van der Waals surface area contributed by atoms with Gasteiger partial charge in [-0.15, -0.1) is 0 Å². The van der Waals surface area contributed by atoms with E-state index in [1.807, 2.05) is 19.1 Å². The first-order valence-electron chi connectivity index (χ1n) is 6.75. The molecule has 0 aromatic heterocycles. The molecule has 0 aliphatic carbocycles. The maximum absolute atomic E-state index is 11.9. The van der Waals surface area contributed by atoms with E-state index in [2.05, 4.69) is 5.32 Å². The minimum atomic E-state index is -1.23. The van der Waals surface area contributed by atoms with E-state index >= 15 is 0 Å². The second-order valence-corrected chi connectivity index (χ2v) is 5.10. The summed E-state index contributed by atoms with van der Waals surface area (Å²) in [7, 11) is 0. The molecule has 1 N–H and O–H groups in total. The van der Waals surface area contributed by atoms with Crippen LogP contribution in [0, 0.1) is 12.8 Å². The third-order valence-electron chi connectivity index (χ3n) is 3.46. The van der Waals surface area contributed by atoms with Gasteiger partial charge >= 0.3 is 0 Å². The Kier molecular flexibility index (Phi) is 4.74. The molecule has 2 rings (SSSR count). The summed E-state index contributed by atoms with van der Waals surface area (Å²) in [6.07, 6.45) is 0.953. The highest BCUT2D eigenvalue weighted by atomic mass is 16.5. The van der Waals surface area contributed by atoms with Crippen molar-refractivity contribution in [2.24, 2.45) is 5.92 Å². The zero-order chi connectivity index (χ0) is 14.5. The van der Waals surface area contributed by atoms with Crippen LogP contribution >= 0.6 is 0 Å². The molecule has 5 nitrogen and oxygen atoms in total. The van der Waals surface area contributed by atoms with Crippen molar-refractivity contribution in [1.82, 2.24) is 0 Å². The van der Waals surface area contributed by atoms with Crippen molar-refractivity contribution in [2.45, 2.75) is 32.3 Å². The maximum atomic E-state index is 11.9. The van der Waals surface area contributed by atoms with Crippen LogP contribution in [0.3, 0.4) is 0 Å². The Bertz CT molecular complexity index is 477. The van der Waals surface area contributed by atoms with Crippen LogP contribution in [0.5, 0.6) is 0 Å². The van der Waals surface area contributed by atoms with Crippen molar-refractivity contribution in [3.05, 3.63) is 29.8 Å². The molecule has 0 unspecified atom stereocenters. The lowest BCUT2D eigenvalue weighted by molar-refractivity contribution is -0.314. The fourth-order valence-corrected chi connectivity index (χ4v) is 2.34. The van der Waals surface area contributed by atoms with Crippen LogP contribution in [0.4, 0.5) is 5.69 Å². The van der Waals surface area contributed by atoms with Crippen LogP contribution in [0.15, 0.2) is 24.3 Å². The van der Waals surface area contributed by atoms with E-state index in [-0.39, 0.29) is 12.3 Å². The number of anilines is 1. The Morgan fingerprint density at radius 1 is 1.40 bits per heavy atom. The number of carbonyl (C=O) groups is 2. The van der Waals surface area contributed by atoms with Gasteiger partial charge in [0.1, 0.15) is 0 Å². The van der Waals surface area contributed by atoms with Crippen molar-refractivity contribution in [3.8, 4) is 0 Å². The highest BCUT2D eigenvalue weighted by molar-refractivity contribution is 5.93. The number of aryl methyl sites for hydroxylation is 1. The zero-order valence-corrected chi connectivity index (χ0v) is 11.4. The highest BCUT2D eigenvalue weighted by Crippen LogP contribution is 2.23. The smallest absolute Gasteiger partial charge is 0.225 e. The lowest BCUT2D eigenvalue weighted by Crippen LogP contribution is -2.40. The van der Waals surface area contributed by atoms with Gasteiger partial charge in [-0.1, -0.05) is 17.7 Å². The molecule has 1 amide bonds. The first-order valence-corrected chi connectivity index (χ1v) is 6.75. The normalized spacial score (nSPS) is 19.6. The molecule has 2 atom stereocenters. The van der Waals surface area contributed by atoms with Gasteiger partial charge in [0.25, 0.3) is 0 Å². The largest absolute Gasteiger partial charge is 0.550 e. The minimum absolute atomic E-state index is 0.124. The Morgan fingerprint density at radius 3 is 2.65 bits per heavy atom. The van der Waals surface area contributed by atoms with Crippen LogP contribution in [0.1, 0.15) is 24.8 Å². The van der Waals surface area contributed by atoms with Gasteiger partial charge in [0, 0.05) is 30.6 Å². The molecule has 1 saturated heterocycles. The number of carboxylic acids is 1. The number of amides is 1. The summed E-state index contributed by atoms with van der Waals surface area (Å²) < 4.78 is 5.34. The van der Waals surface area contributed by atoms with Crippen LogP contribution in [0.2, 0.25) is 0 Å². The third kappa shape index (κ3) is 3.81. The molecule has 1 fully saturated rings. The molecule has 0 spiro atoms. The molecule has 5 heteroatoms. The summed E-state index contributed by atoms with van der Waals surface area (Å²) in [6.45, 7) is 2.50. The minimum Gasteiger partial charge on any atom is -0.550 e. The molecule has 1 aromatic rings. The van der Waals surface area contributed by atoms with Crippen LogP contribution in [-0.4, -0.2) is 24.6 Å². The van der Waals surface area contributed by atoms with Gasteiger partial charge in [0.2, 0.25) is 5.91 Å². The molecule has 0 bridgehead atoms. The Balaban J connectivity index is 1.94. The summed E-state index contributed by atoms with van der Waals surface area (Å²) in [5, 5.41) is 13.8. The second-order valence-electron chi connectivity index (χ2n) is 5.10. The molecule has 1 aliphatic rings. The molecule has 1 aliphatic heterocycles. The van der Waals surface area contributed by atoms with Crippen LogP contribution in [-0.2, 0) is 14.3 Å². The fourth-order valence-electron chi connectivity index (χ4n) is 2.34. The van der Waals surface area contributed by atoms with E-state index in [0.29, 0.717) is 18.7 Å². The lowest BCUT2D eigenvalue weighted by atomic mass is 9.96. The summed E-state index contributed by atoms with van der Waals surface area (Å²) in [6, 6.07) is 7.33. The predicted molar refractivity (Wildman–Crippen MR) is 71.9 cm³/mol. The van der Waals surface area contributed by atoms with Gasteiger partial charge in [-0.25, -0.2) is 0 Å². The predicted octanol–water partition coefficient (Wildman–Crippen LogP) is 0.869. The number of carboxylic acid groups (broad SMARTS) is 1. The number of rotatable bonds is 5. The molecule has 1 heterocycles. The lowest BCUT2D eigenvalue weighted by Gasteiger charge is -2.23. The average Bonchev–Trinajstić information content (AvgIpc) is 2.92. The van der Waals surface area contributed by atoms with E-state index < -0.39 is 18.0 Å². The van der Waals surface area contributed by atoms with Crippen LogP contribution in [0.25, 0.3) is 0 Å². The van der Waals surface area contributed by atoms with Crippen molar-refractivity contribution >= 4 is 17.6 Å². The average molecular weight is 276 g/mol. The molecule has 1 aromatic carbocycles. The first-order chi connectivity index (χ1) is 9.56. The van der Waals surface area contributed by atoms with E-state index in [1.165, 1.54) is 0 Å².